The fourth-order valence-electron chi connectivity index (χ4n) is 1.75. The van der Waals surface area contributed by atoms with Gasteiger partial charge >= 0.3 is 0 Å². The summed E-state index contributed by atoms with van der Waals surface area (Å²) in [5.41, 5.74) is 1.73. The molecule has 1 N–H and O–H groups in total. The van der Waals surface area contributed by atoms with Gasteiger partial charge in [-0.1, -0.05) is 0 Å². The zero-order valence-corrected chi connectivity index (χ0v) is 12.0. The van der Waals surface area contributed by atoms with Crippen molar-refractivity contribution in [3.8, 4) is 10.4 Å². The van der Waals surface area contributed by atoms with E-state index in [1.54, 1.807) is 22.4 Å². The summed E-state index contributed by atoms with van der Waals surface area (Å²) in [5, 5.41) is 0. The highest BCUT2D eigenvalue weighted by atomic mass is 32.1. The van der Waals surface area contributed by atoms with Crippen molar-refractivity contribution in [1.29, 1.82) is 0 Å². The Morgan fingerprint density at radius 3 is 2.61 bits per heavy atom. The maximum atomic E-state index is 12.4. The first-order valence-electron chi connectivity index (χ1n) is 6.01. The molecule has 0 aromatic carbocycles. The summed E-state index contributed by atoms with van der Waals surface area (Å²) in [6, 6.07) is 4.34. The van der Waals surface area contributed by atoms with E-state index in [4.69, 9.17) is 0 Å². The normalized spacial score (nSPS) is 10.9. The highest BCUT2D eigenvalue weighted by molar-refractivity contribution is 7.15. The number of nitrogens with zero attached hydrogens (tertiary/aromatic N) is 1. The minimum Gasteiger partial charge on any atom is -0.366 e. The molecular weight excluding hydrogens is 244 g/mol. The number of rotatable bonds is 3. The second-order valence-corrected chi connectivity index (χ2v) is 5.99. The molecule has 0 fully saturated rings. The molecule has 0 bridgehead atoms. The molecular formula is C14H18N2OS. The fourth-order valence-corrected chi connectivity index (χ4v) is 2.65. The molecule has 0 radical (unpaired) electrons. The third-order valence-corrected chi connectivity index (χ3v) is 4.11. The summed E-state index contributed by atoms with van der Waals surface area (Å²) in [6.45, 7) is 6.10. The highest BCUT2D eigenvalue weighted by Crippen LogP contribution is 2.30. The van der Waals surface area contributed by atoms with E-state index in [-0.39, 0.29) is 11.9 Å². The van der Waals surface area contributed by atoms with Gasteiger partial charge in [0.1, 0.15) is 0 Å². The number of carbonyl (C=O) groups excluding carboxylic acids is 1. The molecule has 1 amide bonds. The molecule has 2 aromatic rings. The third kappa shape index (κ3) is 2.34. The Kier molecular flexibility index (Phi) is 3.57. The highest BCUT2D eigenvalue weighted by Gasteiger charge is 2.19. The maximum absolute atomic E-state index is 12.4. The number of aromatic nitrogens is 1. The van der Waals surface area contributed by atoms with Gasteiger partial charge < -0.3 is 9.88 Å². The van der Waals surface area contributed by atoms with E-state index in [2.05, 4.69) is 24.0 Å². The van der Waals surface area contributed by atoms with Gasteiger partial charge in [-0.15, -0.1) is 11.3 Å². The molecule has 4 heteroatoms. The van der Waals surface area contributed by atoms with Crippen LogP contribution in [0.25, 0.3) is 10.4 Å². The molecule has 0 atom stereocenters. The standard InChI is InChI=1S/C14H18N2OS/c1-9(2)16(4)14(17)12-8-15-7-11(12)13-6-5-10(3)18-13/h5-9,15H,1-4H3. The number of nitrogens with one attached hydrogen (secondary N) is 1. The lowest BCUT2D eigenvalue weighted by atomic mass is 10.1. The first-order chi connectivity index (χ1) is 8.50. The Balaban J connectivity index is 2.36. The van der Waals surface area contributed by atoms with Crippen LogP contribution in [0.4, 0.5) is 0 Å². The predicted molar refractivity (Wildman–Crippen MR) is 76.1 cm³/mol. The topological polar surface area (TPSA) is 36.1 Å². The summed E-state index contributed by atoms with van der Waals surface area (Å²) >= 11 is 1.71. The number of aromatic amines is 1. The van der Waals surface area contributed by atoms with E-state index in [1.807, 2.05) is 27.1 Å². The average Bonchev–Trinajstić information content (AvgIpc) is 2.94. The quantitative estimate of drug-likeness (QED) is 0.902. The Bertz CT molecular complexity index is 554. The van der Waals surface area contributed by atoms with E-state index >= 15 is 0 Å². The van der Waals surface area contributed by atoms with Crippen LogP contribution in [0.5, 0.6) is 0 Å². The molecule has 0 saturated carbocycles. The van der Waals surface area contributed by atoms with Crippen LogP contribution in [0.1, 0.15) is 29.1 Å². The van der Waals surface area contributed by atoms with Crippen LogP contribution in [0, 0.1) is 6.92 Å². The van der Waals surface area contributed by atoms with Gasteiger partial charge in [0.25, 0.3) is 5.91 Å². The number of thiophene rings is 1. The van der Waals surface area contributed by atoms with Gasteiger partial charge in [0, 0.05) is 40.8 Å². The molecule has 3 nitrogen and oxygen atoms in total. The number of hydrogen-bond acceptors (Lipinski definition) is 2. The number of hydrogen-bond donors (Lipinski definition) is 1. The number of H-pyrrole nitrogens is 1. The van der Waals surface area contributed by atoms with E-state index < -0.39 is 0 Å². The van der Waals surface area contributed by atoms with Crippen LogP contribution >= 0.6 is 11.3 Å². The molecule has 18 heavy (non-hydrogen) atoms. The minimum absolute atomic E-state index is 0.0623. The summed E-state index contributed by atoms with van der Waals surface area (Å²) in [5.74, 6) is 0.0623. The van der Waals surface area contributed by atoms with Gasteiger partial charge in [-0.2, -0.15) is 0 Å². The molecule has 0 saturated heterocycles. The predicted octanol–water partition coefficient (Wildman–Crippen LogP) is 3.53. The second-order valence-electron chi connectivity index (χ2n) is 4.70. The van der Waals surface area contributed by atoms with Crippen LogP contribution < -0.4 is 0 Å². The zero-order chi connectivity index (χ0) is 13.3. The molecule has 96 valence electrons. The molecule has 0 spiro atoms. The summed E-state index contributed by atoms with van der Waals surface area (Å²) in [6.07, 6.45) is 3.68. The largest absolute Gasteiger partial charge is 0.366 e. The van der Waals surface area contributed by atoms with Gasteiger partial charge in [-0.25, -0.2) is 0 Å². The molecule has 0 unspecified atom stereocenters. The molecule has 2 rings (SSSR count). The Labute approximate surface area is 111 Å². The fraction of sp³-hybridized carbons (Fsp3) is 0.357. The van der Waals surface area contributed by atoms with E-state index in [0.29, 0.717) is 0 Å². The van der Waals surface area contributed by atoms with Gasteiger partial charge in [0.05, 0.1) is 5.56 Å². The lowest BCUT2D eigenvalue weighted by Gasteiger charge is -2.21. The SMILES string of the molecule is Cc1ccc(-c2c[nH]cc2C(=O)N(C)C(C)C)s1. The molecule has 0 aliphatic heterocycles. The summed E-state index contributed by atoms with van der Waals surface area (Å²) in [7, 11) is 1.84. The lowest BCUT2D eigenvalue weighted by molar-refractivity contribution is 0.0756. The van der Waals surface area contributed by atoms with E-state index in [9.17, 15) is 4.79 Å². The Morgan fingerprint density at radius 2 is 2.06 bits per heavy atom. The van der Waals surface area contributed by atoms with Crippen molar-refractivity contribution >= 4 is 17.2 Å². The minimum atomic E-state index is 0.0623. The Hall–Kier alpha value is -1.55. The molecule has 0 aliphatic rings. The number of carbonyl (C=O) groups is 1. The van der Waals surface area contributed by atoms with Crippen molar-refractivity contribution in [2.75, 3.05) is 7.05 Å². The van der Waals surface area contributed by atoms with Crippen LogP contribution in [0.15, 0.2) is 24.5 Å². The van der Waals surface area contributed by atoms with Crippen LogP contribution in [0.3, 0.4) is 0 Å². The molecule has 2 heterocycles. The number of amides is 1. The monoisotopic (exact) mass is 262 g/mol. The molecule has 0 aliphatic carbocycles. The average molecular weight is 262 g/mol. The Morgan fingerprint density at radius 1 is 1.33 bits per heavy atom. The van der Waals surface area contributed by atoms with Gasteiger partial charge in [-0.05, 0) is 32.9 Å². The van der Waals surface area contributed by atoms with Crippen molar-refractivity contribution in [3.05, 3.63) is 35.0 Å². The third-order valence-electron chi connectivity index (χ3n) is 3.08. The van der Waals surface area contributed by atoms with Gasteiger partial charge in [-0.3, -0.25) is 4.79 Å². The summed E-state index contributed by atoms with van der Waals surface area (Å²) in [4.78, 5) is 19.5. The summed E-state index contributed by atoms with van der Waals surface area (Å²) < 4.78 is 0. The second kappa shape index (κ2) is 4.98. The maximum Gasteiger partial charge on any atom is 0.256 e. The van der Waals surface area contributed by atoms with E-state index in [0.717, 1.165) is 16.0 Å². The van der Waals surface area contributed by atoms with Crippen LogP contribution in [0.2, 0.25) is 0 Å². The van der Waals surface area contributed by atoms with Crippen LogP contribution in [-0.2, 0) is 0 Å². The van der Waals surface area contributed by atoms with Crippen molar-refractivity contribution in [2.24, 2.45) is 0 Å². The van der Waals surface area contributed by atoms with Gasteiger partial charge in [0.2, 0.25) is 0 Å². The lowest BCUT2D eigenvalue weighted by Crippen LogP contribution is -2.32. The van der Waals surface area contributed by atoms with Gasteiger partial charge in [0.15, 0.2) is 0 Å². The van der Waals surface area contributed by atoms with Crippen molar-refractivity contribution in [2.45, 2.75) is 26.8 Å². The number of aryl methyl sites for hydroxylation is 1. The first kappa shape index (κ1) is 12.9. The van der Waals surface area contributed by atoms with Crippen LogP contribution in [-0.4, -0.2) is 28.9 Å². The van der Waals surface area contributed by atoms with E-state index in [1.165, 1.54) is 4.88 Å². The smallest absolute Gasteiger partial charge is 0.256 e. The zero-order valence-electron chi connectivity index (χ0n) is 11.2. The van der Waals surface area contributed by atoms with Crippen molar-refractivity contribution < 1.29 is 4.79 Å². The molecule has 2 aromatic heterocycles. The van der Waals surface area contributed by atoms with Crippen molar-refractivity contribution in [1.82, 2.24) is 9.88 Å². The van der Waals surface area contributed by atoms with Crippen molar-refractivity contribution in [3.63, 3.8) is 0 Å². The first-order valence-corrected chi connectivity index (χ1v) is 6.83.